The maximum atomic E-state index is 6.18. The van der Waals surface area contributed by atoms with Crippen LogP contribution in [0.1, 0.15) is 23.4 Å². The minimum absolute atomic E-state index is 0.292. The Morgan fingerprint density at radius 2 is 2.12 bits per heavy atom. The number of halogens is 1. The molecule has 84 valence electrons. The van der Waals surface area contributed by atoms with E-state index in [2.05, 4.69) is 35.8 Å². The SMILES string of the molecule is Cc1ccc(NC(C)c2cccs2)c(Cl)c1. The molecule has 1 unspecified atom stereocenters. The van der Waals surface area contributed by atoms with Crippen LogP contribution in [-0.2, 0) is 0 Å². The maximum Gasteiger partial charge on any atom is 0.0640 e. The van der Waals surface area contributed by atoms with Gasteiger partial charge in [-0.1, -0.05) is 23.7 Å². The van der Waals surface area contributed by atoms with Gasteiger partial charge in [-0.25, -0.2) is 0 Å². The molecule has 0 fully saturated rings. The number of thiophene rings is 1. The summed E-state index contributed by atoms with van der Waals surface area (Å²) in [6, 6.07) is 10.6. The zero-order chi connectivity index (χ0) is 11.5. The number of rotatable bonds is 3. The highest BCUT2D eigenvalue weighted by atomic mass is 35.5. The molecule has 1 atom stereocenters. The summed E-state index contributed by atoms with van der Waals surface area (Å²) in [5.41, 5.74) is 2.17. The molecule has 3 heteroatoms. The highest BCUT2D eigenvalue weighted by Crippen LogP contribution is 2.28. The van der Waals surface area contributed by atoms with E-state index in [9.17, 15) is 0 Å². The van der Waals surface area contributed by atoms with Crippen LogP contribution in [0.3, 0.4) is 0 Å². The van der Waals surface area contributed by atoms with Gasteiger partial charge in [0, 0.05) is 4.88 Å². The number of hydrogen-bond acceptors (Lipinski definition) is 2. The van der Waals surface area contributed by atoms with Crippen molar-refractivity contribution in [3.05, 3.63) is 51.2 Å². The lowest BCUT2D eigenvalue weighted by molar-refractivity contribution is 0.908. The summed E-state index contributed by atoms with van der Waals surface area (Å²) in [5, 5.41) is 6.29. The molecule has 0 saturated heterocycles. The summed E-state index contributed by atoms with van der Waals surface area (Å²) in [7, 11) is 0. The first-order valence-electron chi connectivity index (χ1n) is 5.23. The van der Waals surface area contributed by atoms with Crippen LogP contribution in [-0.4, -0.2) is 0 Å². The van der Waals surface area contributed by atoms with Gasteiger partial charge in [-0.05, 0) is 43.0 Å². The Morgan fingerprint density at radius 1 is 1.31 bits per heavy atom. The van der Waals surface area contributed by atoms with Crippen LogP contribution in [0.4, 0.5) is 5.69 Å². The molecule has 16 heavy (non-hydrogen) atoms. The average Bonchev–Trinajstić information content (AvgIpc) is 2.75. The van der Waals surface area contributed by atoms with Crippen LogP contribution in [0.25, 0.3) is 0 Å². The van der Waals surface area contributed by atoms with E-state index in [1.54, 1.807) is 11.3 Å². The molecule has 1 N–H and O–H groups in total. The Hall–Kier alpha value is -0.990. The molecule has 1 aromatic carbocycles. The van der Waals surface area contributed by atoms with Gasteiger partial charge in [-0.3, -0.25) is 0 Å². The molecule has 1 aromatic heterocycles. The van der Waals surface area contributed by atoms with Gasteiger partial charge in [0.15, 0.2) is 0 Å². The topological polar surface area (TPSA) is 12.0 Å². The third-order valence-corrected chi connectivity index (χ3v) is 3.83. The van der Waals surface area contributed by atoms with Crippen molar-refractivity contribution in [3.63, 3.8) is 0 Å². The minimum Gasteiger partial charge on any atom is -0.377 e. The van der Waals surface area contributed by atoms with Crippen LogP contribution >= 0.6 is 22.9 Å². The van der Waals surface area contributed by atoms with E-state index in [1.807, 2.05) is 19.1 Å². The summed E-state index contributed by atoms with van der Waals surface area (Å²) < 4.78 is 0. The third-order valence-electron chi connectivity index (χ3n) is 2.47. The van der Waals surface area contributed by atoms with Gasteiger partial charge >= 0.3 is 0 Å². The van der Waals surface area contributed by atoms with E-state index in [4.69, 9.17) is 11.6 Å². The predicted molar refractivity (Wildman–Crippen MR) is 72.5 cm³/mol. The number of benzene rings is 1. The summed E-state index contributed by atoms with van der Waals surface area (Å²) in [6.07, 6.45) is 0. The second-order valence-electron chi connectivity index (χ2n) is 3.86. The van der Waals surface area contributed by atoms with Crippen LogP contribution < -0.4 is 5.32 Å². The van der Waals surface area contributed by atoms with Gasteiger partial charge in [0.2, 0.25) is 0 Å². The minimum atomic E-state index is 0.292. The maximum absolute atomic E-state index is 6.18. The molecule has 0 aliphatic heterocycles. The molecule has 0 spiro atoms. The van der Waals surface area contributed by atoms with E-state index in [1.165, 1.54) is 10.4 Å². The van der Waals surface area contributed by atoms with Gasteiger partial charge in [0.05, 0.1) is 16.8 Å². The number of hydrogen-bond donors (Lipinski definition) is 1. The second kappa shape index (κ2) is 4.89. The average molecular weight is 252 g/mol. The molecule has 0 bridgehead atoms. The molecule has 2 aromatic rings. The Labute approximate surface area is 105 Å². The van der Waals surface area contributed by atoms with E-state index in [0.29, 0.717) is 6.04 Å². The standard InChI is InChI=1S/C13H14ClNS/c1-9-5-6-12(11(14)8-9)15-10(2)13-4-3-7-16-13/h3-8,10,15H,1-2H3. The molecule has 0 radical (unpaired) electrons. The van der Waals surface area contributed by atoms with Crippen molar-refractivity contribution in [3.8, 4) is 0 Å². The molecule has 0 aliphatic rings. The van der Waals surface area contributed by atoms with Crippen molar-refractivity contribution in [1.29, 1.82) is 0 Å². The van der Waals surface area contributed by atoms with Crippen molar-refractivity contribution in [1.82, 2.24) is 0 Å². The molecule has 0 saturated carbocycles. The summed E-state index contributed by atoms with van der Waals surface area (Å²) in [4.78, 5) is 1.32. The fourth-order valence-electron chi connectivity index (χ4n) is 1.58. The van der Waals surface area contributed by atoms with Gasteiger partial charge in [0.25, 0.3) is 0 Å². The fourth-order valence-corrected chi connectivity index (χ4v) is 2.60. The lowest BCUT2D eigenvalue weighted by Gasteiger charge is -2.15. The van der Waals surface area contributed by atoms with Crippen molar-refractivity contribution in [2.45, 2.75) is 19.9 Å². The van der Waals surface area contributed by atoms with Gasteiger partial charge < -0.3 is 5.32 Å². The lowest BCUT2D eigenvalue weighted by atomic mass is 10.2. The third kappa shape index (κ3) is 2.57. The second-order valence-corrected chi connectivity index (χ2v) is 5.25. The predicted octanol–water partition coefficient (Wildman–Crippen LogP) is 4.88. The summed E-state index contributed by atoms with van der Waals surface area (Å²) >= 11 is 7.93. The molecular weight excluding hydrogens is 238 g/mol. The Bertz CT molecular complexity index is 465. The van der Waals surface area contributed by atoms with Gasteiger partial charge in [-0.2, -0.15) is 0 Å². The van der Waals surface area contributed by atoms with Crippen molar-refractivity contribution in [2.75, 3.05) is 5.32 Å². The first-order valence-corrected chi connectivity index (χ1v) is 6.48. The van der Waals surface area contributed by atoms with Crippen LogP contribution in [0.5, 0.6) is 0 Å². The van der Waals surface area contributed by atoms with Gasteiger partial charge in [0.1, 0.15) is 0 Å². The molecule has 0 aliphatic carbocycles. The zero-order valence-electron chi connectivity index (χ0n) is 9.33. The van der Waals surface area contributed by atoms with E-state index < -0.39 is 0 Å². The van der Waals surface area contributed by atoms with Crippen LogP contribution in [0.2, 0.25) is 5.02 Å². The fraction of sp³-hybridized carbons (Fsp3) is 0.231. The van der Waals surface area contributed by atoms with Crippen LogP contribution in [0.15, 0.2) is 35.7 Å². The Morgan fingerprint density at radius 3 is 2.75 bits per heavy atom. The largest absolute Gasteiger partial charge is 0.377 e. The number of aryl methyl sites for hydroxylation is 1. The molecule has 2 rings (SSSR count). The van der Waals surface area contributed by atoms with E-state index in [0.717, 1.165) is 10.7 Å². The van der Waals surface area contributed by atoms with E-state index >= 15 is 0 Å². The van der Waals surface area contributed by atoms with E-state index in [-0.39, 0.29) is 0 Å². The van der Waals surface area contributed by atoms with Crippen LogP contribution in [0, 0.1) is 6.92 Å². The quantitative estimate of drug-likeness (QED) is 0.820. The summed E-state index contributed by atoms with van der Waals surface area (Å²) in [5.74, 6) is 0. The molecule has 1 nitrogen and oxygen atoms in total. The van der Waals surface area contributed by atoms with Gasteiger partial charge in [-0.15, -0.1) is 11.3 Å². The normalized spacial score (nSPS) is 12.4. The first-order chi connectivity index (χ1) is 7.66. The van der Waals surface area contributed by atoms with Crippen molar-refractivity contribution < 1.29 is 0 Å². The number of anilines is 1. The Balaban J connectivity index is 2.15. The van der Waals surface area contributed by atoms with Crippen molar-refractivity contribution in [2.24, 2.45) is 0 Å². The summed E-state index contributed by atoms with van der Waals surface area (Å²) in [6.45, 7) is 4.18. The first kappa shape index (κ1) is 11.5. The zero-order valence-corrected chi connectivity index (χ0v) is 10.9. The monoisotopic (exact) mass is 251 g/mol. The van der Waals surface area contributed by atoms with Crippen molar-refractivity contribution >= 4 is 28.6 Å². The highest BCUT2D eigenvalue weighted by Gasteiger charge is 2.08. The number of nitrogens with one attached hydrogen (secondary N) is 1. The lowest BCUT2D eigenvalue weighted by Crippen LogP contribution is -2.05. The molecule has 1 heterocycles. The highest BCUT2D eigenvalue weighted by molar-refractivity contribution is 7.10. The molecule has 0 amide bonds. The smallest absolute Gasteiger partial charge is 0.0640 e. The Kier molecular flexibility index (Phi) is 3.52. The molecular formula is C13H14ClNS.